The Morgan fingerprint density at radius 3 is 3.12 bits per heavy atom. The van der Waals surface area contributed by atoms with Crippen molar-refractivity contribution in [2.75, 3.05) is 6.54 Å². The van der Waals surface area contributed by atoms with E-state index in [0.717, 1.165) is 19.3 Å². The van der Waals surface area contributed by atoms with Gasteiger partial charge in [0.2, 0.25) is 0 Å². The maximum atomic E-state index is 9.55. The molecule has 0 heterocycles. The summed E-state index contributed by atoms with van der Waals surface area (Å²) in [5.41, 5.74) is 2.81. The standard InChI is InChI=1S/C13H18BrNO/c1-2-9(16)8-15-13-7-6-10-11(13)4-3-5-12(10)14/h3-5,9,13,15-16H,2,6-8H2,1H3. The first-order valence-corrected chi connectivity index (χ1v) is 6.70. The maximum absolute atomic E-state index is 9.55. The lowest BCUT2D eigenvalue weighted by molar-refractivity contribution is 0.163. The van der Waals surface area contributed by atoms with E-state index >= 15 is 0 Å². The Morgan fingerprint density at radius 2 is 2.38 bits per heavy atom. The molecule has 1 aromatic rings. The molecule has 2 unspecified atom stereocenters. The fourth-order valence-electron chi connectivity index (χ4n) is 2.24. The van der Waals surface area contributed by atoms with Crippen LogP contribution < -0.4 is 5.32 Å². The van der Waals surface area contributed by atoms with Gasteiger partial charge in [-0.3, -0.25) is 0 Å². The fraction of sp³-hybridized carbons (Fsp3) is 0.538. The van der Waals surface area contributed by atoms with Crippen molar-refractivity contribution in [2.45, 2.75) is 38.3 Å². The lowest BCUT2D eigenvalue weighted by atomic mass is 10.1. The highest BCUT2D eigenvalue weighted by atomic mass is 79.9. The Hall–Kier alpha value is -0.380. The van der Waals surface area contributed by atoms with E-state index in [0.29, 0.717) is 12.6 Å². The molecule has 0 saturated heterocycles. The molecule has 0 aliphatic heterocycles. The summed E-state index contributed by atoms with van der Waals surface area (Å²) in [5.74, 6) is 0. The Labute approximate surface area is 105 Å². The Bertz CT molecular complexity index is 367. The van der Waals surface area contributed by atoms with Crippen LogP contribution in [0, 0.1) is 0 Å². The monoisotopic (exact) mass is 283 g/mol. The highest BCUT2D eigenvalue weighted by molar-refractivity contribution is 9.10. The zero-order valence-electron chi connectivity index (χ0n) is 9.54. The molecule has 0 fully saturated rings. The quantitative estimate of drug-likeness (QED) is 0.891. The van der Waals surface area contributed by atoms with Crippen molar-refractivity contribution in [3.05, 3.63) is 33.8 Å². The summed E-state index contributed by atoms with van der Waals surface area (Å²) in [7, 11) is 0. The van der Waals surface area contributed by atoms with Crippen LogP contribution >= 0.6 is 15.9 Å². The number of aliphatic hydroxyl groups is 1. The van der Waals surface area contributed by atoms with Gasteiger partial charge in [0.1, 0.15) is 0 Å². The van der Waals surface area contributed by atoms with Gasteiger partial charge in [0.25, 0.3) is 0 Å². The predicted molar refractivity (Wildman–Crippen MR) is 69.5 cm³/mol. The summed E-state index contributed by atoms with van der Waals surface area (Å²) in [6.07, 6.45) is 2.84. The highest BCUT2D eigenvalue weighted by Gasteiger charge is 2.23. The molecule has 1 aliphatic carbocycles. The van der Waals surface area contributed by atoms with E-state index in [9.17, 15) is 5.11 Å². The third-order valence-corrected chi connectivity index (χ3v) is 4.03. The van der Waals surface area contributed by atoms with Crippen molar-refractivity contribution in [1.29, 1.82) is 0 Å². The smallest absolute Gasteiger partial charge is 0.0662 e. The summed E-state index contributed by atoms with van der Waals surface area (Å²) < 4.78 is 1.21. The van der Waals surface area contributed by atoms with Crippen LogP contribution in [0.25, 0.3) is 0 Å². The molecule has 2 atom stereocenters. The summed E-state index contributed by atoms with van der Waals surface area (Å²) in [4.78, 5) is 0. The maximum Gasteiger partial charge on any atom is 0.0662 e. The predicted octanol–water partition coefficient (Wildman–Crippen LogP) is 2.80. The molecule has 3 heteroatoms. The first-order chi connectivity index (χ1) is 7.72. The van der Waals surface area contributed by atoms with Crippen LogP contribution in [0.5, 0.6) is 0 Å². The van der Waals surface area contributed by atoms with Crippen molar-refractivity contribution in [3.8, 4) is 0 Å². The minimum atomic E-state index is -0.226. The molecule has 88 valence electrons. The average molecular weight is 284 g/mol. The van der Waals surface area contributed by atoms with Crippen molar-refractivity contribution < 1.29 is 5.11 Å². The minimum Gasteiger partial charge on any atom is -0.392 e. The zero-order chi connectivity index (χ0) is 11.5. The van der Waals surface area contributed by atoms with Crippen molar-refractivity contribution in [2.24, 2.45) is 0 Å². The Morgan fingerprint density at radius 1 is 1.56 bits per heavy atom. The first kappa shape index (κ1) is 12.1. The summed E-state index contributed by atoms with van der Waals surface area (Å²) in [5, 5.41) is 13.0. The van der Waals surface area contributed by atoms with Crippen LogP contribution in [-0.4, -0.2) is 17.8 Å². The van der Waals surface area contributed by atoms with Crippen LogP contribution in [0.3, 0.4) is 0 Å². The van der Waals surface area contributed by atoms with Gasteiger partial charge in [0.05, 0.1) is 6.10 Å². The largest absolute Gasteiger partial charge is 0.392 e. The topological polar surface area (TPSA) is 32.3 Å². The molecule has 0 amide bonds. The third-order valence-electron chi connectivity index (χ3n) is 3.28. The lowest BCUT2D eigenvalue weighted by Gasteiger charge is -2.16. The van der Waals surface area contributed by atoms with E-state index in [4.69, 9.17) is 0 Å². The van der Waals surface area contributed by atoms with E-state index in [1.54, 1.807) is 0 Å². The molecule has 16 heavy (non-hydrogen) atoms. The molecule has 2 nitrogen and oxygen atoms in total. The van der Waals surface area contributed by atoms with Gasteiger partial charge in [0.15, 0.2) is 0 Å². The number of nitrogens with one attached hydrogen (secondary N) is 1. The molecular weight excluding hydrogens is 266 g/mol. The molecule has 2 rings (SSSR count). The summed E-state index contributed by atoms with van der Waals surface area (Å²) >= 11 is 3.59. The number of benzene rings is 1. The minimum absolute atomic E-state index is 0.226. The van der Waals surface area contributed by atoms with Crippen molar-refractivity contribution in [1.82, 2.24) is 5.32 Å². The second-order valence-corrected chi connectivity index (χ2v) is 5.22. The van der Waals surface area contributed by atoms with Gasteiger partial charge >= 0.3 is 0 Å². The van der Waals surface area contributed by atoms with Crippen molar-refractivity contribution >= 4 is 15.9 Å². The number of halogens is 1. The molecular formula is C13H18BrNO. The van der Waals surface area contributed by atoms with E-state index in [1.165, 1.54) is 15.6 Å². The Balaban J connectivity index is 2.03. The van der Waals surface area contributed by atoms with Gasteiger partial charge in [-0.2, -0.15) is 0 Å². The number of fused-ring (bicyclic) bond motifs is 1. The molecule has 0 bridgehead atoms. The number of hydrogen-bond donors (Lipinski definition) is 2. The van der Waals surface area contributed by atoms with E-state index in [-0.39, 0.29) is 6.10 Å². The molecule has 0 spiro atoms. The van der Waals surface area contributed by atoms with Crippen LogP contribution in [-0.2, 0) is 6.42 Å². The number of rotatable bonds is 4. The van der Waals surface area contributed by atoms with Crippen LogP contribution in [0.4, 0.5) is 0 Å². The van der Waals surface area contributed by atoms with Gasteiger partial charge in [-0.1, -0.05) is 35.0 Å². The average Bonchev–Trinajstić information content (AvgIpc) is 2.70. The number of aliphatic hydroxyl groups excluding tert-OH is 1. The molecule has 0 aromatic heterocycles. The van der Waals surface area contributed by atoms with E-state index < -0.39 is 0 Å². The third kappa shape index (κ3) is 2.47. The highest BCUT2D eigenvalue weighted by Crippen LogP contribution is 2.35. The van der Waals surface area contributed by atoms with Crippen LogP contribution in [0.1, 0.15) is 36.9 Å². The van der Waals surface area contributed by atoms with Crippen LogP contribution in [0.2, 0.25) is 0 Å². The zero-order valence-corrected chi connectivity index (χ0v) is 11.1. The van der Waals surface area contributed by atoms with E-state index in [2.05, 4.69) is 39.4 Å². The molecule has 0 saturated carbocycles. The number of hydrogen-bond acceptors (Lipinski definition) is 2. The van der Waals surface area contributed by atoms with Gasteiger partial charge < -0.3 is 10.4 Å². The second kappa shape index (κ2) is 5.30. The summed E-state index contributed by atoms with van der Waals surface area (Å²) in [6, 6.07) is 6.78. The second-order valence-electron chi connectivity index (χ2n) is 4.37. The molecule has 1 aromatic carbocycles. The Kier molecular flexibility index (Phi) is 4.00. The van der Waals surface area contributed by atoms with Crippen LogP contribution in [0.15, 0.2) is 22.7 Å². The van der Waals surface area contributed by atoms with Gasteiger partial charge in [-0.25, -0.2) is 0 Å². The normalized spacial score (nSPS) is 20.8. The fourth-order valence-corrected chi connectivity index (χ4v) is 2.82. The summed E-state index contributed by atoms with van der Waals surface area (Å²) in [6.45, 7) is 2.69. The van der Waals surface area contributed by atoms with Crippen molar-refractivity contribution in [3.63, 3.8) is 0 Å². The molecule has 2 N–H and O–H groups in total. The molecule has 1 aliphatic rings. The lowest BCUT2D eigenvalue weighted by Crippen LogP contribution is -2.28. The SMILES string of the molecule is CCC(O)CNC1CCc2c(Br)cccc21. The van der Waals surface area contributed by atoms with Gasteiger partial charge in [-0.05, 0) is 36.5 Å². The van der Waals surface area contributed by atoms with E-state index in [1.807, 2.05) is 6.92 Å². The first-order valence-electron chi connectivity index (χ1n) is 5.91. The van der Waals surface area contributed by atoms with Gasteiger partial charge in [0, 0.05) is 17.1 Å². The molecule has 0 radical (unpaired) electrons. The van der Waals surface area contributed by atoms with Gasteiger partial charge in [-0.15, -0.1) is 0 Å².